The third kappa shape index (κ3) is 4.23. The third-order valence-corrected chi connectivity index (χ3v) is 5.37. The summed E-state index contributed by atoms with van der Waals surface area (Å²) in [5, 5.41) is 13.2. The monoisotopic (exact) mass is 302 g/mol. The van der Waals surface area contributed by atoms with Gasteiger partial charge in [0.05, 0.1) is 0 Å². The largest absolute Gasteiger partial charge is 0.396 e. The lowest BCUT2D eigenvalue weighted by Gasteiger charge is -2.40. The van der Waals surface area contributed by atoms with Crippen molar-refractivity contribution in [3.63, 3.8) is 0 Å². The number of rotatable bonds is 6. The molecule has 0 radical (unpaired) electrons. The molecule has 122 valence electrons. The molecule has 2 unspecified atom stereocenters. The summed E-state index contributed by atoms with van der Waals surface area (Å²) in [7, 11) is 0. The zero-order valence-corrected chi connectivity index (χ0v) is 13.6. The molecule has 22 heavy (non-hydrogen) atoms. The number of benzene rings is 1. The van der Waals surface area contributed by atoms with Crippen molar-refractivity contribution in [2.24, 2.45) is 11.8 Å². The molecule has 1 saturated carbocycles. The first-order valence-electron chi connectivity index (χ1n) is 8.99. The molecule has 3 nitrogen and oxygen atoms in total. The highest BCUT2D eigenvalue weighted by atomic mass is 16.3. The first kappa shape index (κ1) is 15.8. The van der Waals surface area contributed by atoms with E-state index in [0.29, 0.717) is 18.6 Å². The van der Waals surface area contributed by atoms with E-state index >= 15 is 0 Å². The Bertz CT molecular complexity index is 430. The summed E-state index contributed by atoms with van der Waals surface area (Å²) in [4.78, 5) is 2.50. The topological polar surface area (TPSA) is 35.5 Å². The minimum atomic E-state index is 0.308. The van der Waals surface area contributed by atoms with Gasteiger partial charge in [-0.1, -0.05) is 31.0 Å². The smallest absolute Gasteiger partial charge is 0.0434 e. The van der Waals surface area contributed by atoms with Crippen molar-refractivity contribution in [1.29, 1.82) is 0 Å². The van der Waals surface area contributed by atoms with E-state index in [4.69, 9.17) is 0 Å². The van der Waals surface area contributed by atoms with Crippen molar-refractivity contribution in [1.82, 2.24) is 5.32 Å². The van der Waals surface area contributed by atoms with Crippen LogP contribution in [0, 0.1) is 11.8 Å². The van der Waals surface area contributed by atoms with Crippen LogP contribution < -0.4 is 10.2 Å². The minimum Gasteiger partial charge on any atom is -0.396 e. The molecule has 0 spiro atoms. The van der Waals surface area contributed by atoms with Crippen LogP contribution in [0.4, 0.5) is 5.69 Å². The molecular weight excluding hydrogens is 272 g/mol. The Hall–Kier alpha value is -1.06. The molecule has 2 aliphatic rings. The fourth-order valence-electron chi connectivity index (χ4n) is 4.14. The molecule has 0 bridgehead atoms. The van der Waals surface area contributed by atoms with E-state index in [9.17, 15) is 5.11 Å². The summed E-state index contributed by atoms with van der Waals surface area (Å²) in [6.07, 6.45) is 7.77. The molecule has 3 rings (SSSR count). The van der Waals surface area contributed by atoms with Crippen LogP contribution in [0.1, 0.15) is 38.5 Å². The quantitative estimate of drug-likeness (QED) is 0.848. The van der Waals surface area contributed by atoms with Crippen LogP contribution in [0.5, 0.6) is 0 Å². The van der Waals surface area contributed by atoms with Gasteiger partial charge in [-0.2, -0.15) is 0 Å². The van der Waals surface area contributed by atoms with Crippen molar-refractivity contribution in [2.45, 2.75) is 44.6 Å². The number of para-hydroxylation sites is 1. The summed E-state index contributed by atoms with van der Waals surface area (Å²) in [5.41, 5.74) is 1.32. The van der Waals surface area contributed by atoms with Crippen molar-refractivity contribution in [3.8, 4) is 0 Å². The van der Waals surface area contributed by atoms with Crippen LogP contribution in [0.2, 0.25) is 0 Å². The number of hydrogen-bond donors (Lipinski definition) is 2. The van der Waals surface area contributed by atoms with Gasteiger partial charge in [-0.25, -0.2) is 0 Å². The molecule has 2 N–H and O–H groups in total. The first-order chi connectivity index (χ1) is 10.8. The van der Waals surface area contributed by atoms with Gasteiger partial charge in [0, 0.05) is 31.4 Å². The van der Waals surface area contributed by atoms with E-state index in [1.54, 1.807) is 0 Å². The van der Waals surface area contributed by atoms with Crippen molar-refractivity contribution >= 4 is 5.69 Å². The third-order valence-electron chi connectivity index (χ3n) is 5.37. The minimum absolute atomic E-state index is 0.308. The second kappa shape index (κ2) is 7.98. The average molecular weight is 302 g/mol. The summed E-state index contributed by atoms with van der Waals surface area (Å²) in [5.74, 6) is 1.49. The van der Waals surface area contributed by atoms with E-state index in [1.807, 2.05) is 0 Å². The van der Waals surface area contributed by atoms with Crippen LogP contribution in [0.15, 0.2) is 30.3 Å². The zero-order chi connectivity index (χ0) is 15.2. The fraction of sp³-hybridized carbons (Fsp3) is 0.684. The summed E-state index contributed by atoms with van der Waals surface area (Å²) >= 11 is 0. The number of piperidine rings is 1. The highest BCUT2D eigenvalue weighted by Crippen LogP contribution is 2.27. The molecular formula is C19H30N2O. The number of aliphatic hydroxyl groups is 1. The summed E-state index contributed by atoms with van der Waals surface area (Å²) < 4.78 is 0. The Morgan fingerprint density at radius 2 is 1.82 bits per heavy atom. The van der Waals surface area contributed by atoms with Gasteiger partial charge in [0.15, 0.2) is 0 Å². The first-order valence-corrected chi connectivity index (χ1v) is 8.99. The van der Waals surface area contributed by atoms with Gasteiger partial charge in [-0.3, -0.25) is 0 Å². The lowest BCUT2D eigenvalue weighted by molar-refractivity contribution is 0.228. The van der Waals surface area contributed by atoms with E-state index in [2.05, 4.69) is 40.5 Å². The van der Waals surface area contributed by atoms with Gasteiger partial charge in [0.2, 0.25) is 0 Å². The van der Waals surface area contributed by atoms with Gasteiger partial charge >= 0.3 is 0 Å². The van der Waals surface area contributed by atoms with Gasteiger partial charge in [-0.15, -0.1) is 0 Å². The second-order valence-corrected chi connectivity index (χ2v) is 7.11. The van der Waals surface area contributed by atoms with Gasteiger partial charge in [-0.05, 0) is 56.2 Å². The number of hydrogen-bond acceptors (Lipinski definition) is 3. The molecule has 0 amide bonds. The Balaban J connectivity index is 1.59. The predicted molar refractivity (Wildman–Crippen MR) is 92.2 cm³/mol. The van der Waals surface area contributed by atoms with E-state index in [-0.39, 0.29) is 0 Å². The maximum atomic E-state index is 9.33. The summed E-state index contributed by atoms with van der Waals surface area (Å²) in [6.45, 7) is 3.66. The van der Waals surface area contributed by atoms with Gasteiger partial charge < -0.3 is 15.3 Å². The Morgan fingerprint density at radius 3 is 2.55 bits per heavy atom. The molecule has 3 heteroatoms. The normalized spacial score (nSPS) is 26.5. The number of anilines is 1. The molecule has 1 aromatic rings. The molecule has 2 fully saturated rings. The number of nitrogens with one attached hydrogen (secondary N) is 1. The van der Waals surface area contributed by atoms with Crippen molar-refractivity contribution < 1.29 is 5.11 Å². The van der Waals surface area contributed by atoms with Crippen LogP contribution in [0.3, 0.4) is 0 Å². The fourth-order valence-corrected chi connectivity index (χ4v) is 4.14. The number of nitrogens with zero attached hydrogens (tertiary/aromatic N) is 1. The van der Waals surface area contributed by atoms with E-state index < -0.39 is 0 Å². The summed E-state index contributed by atoms with van der Waals surface area (Å²) in [6, 6.07) is 11.3. The zero-order valence-electron chi connectivity index (χ0n) is 13.6. The Morgan fingerprint density at radius 1 is 1.05 bits per heavy atom. The molecule has 1 saturated heterocycles. The van der Waals surface area contributed by atoms with Crippen molar-refractivity contribution in [3.05, 3.63) is 30.3 Å². The van der Waals surface area contributed by atoms with E-state index in [0.717, 1.165) is 25.4 Å². The molecule has 1 aliphatic carbocycles. The lowest BCUT2D eigenvalue weighted by Crippen LogP contribution is -2.50. The maximum Gasteiger partial charge on any atom is 0.0434 e. The molecule has 1 heterocycles. The standard InChI is InChI=1S/C19H30N2O/c22-11-10-17-12-18(20-13-16-6-4-5-7-16)15-21(14-17)19-8-2-1-3-9-19/h1-3,8-9,16-18,20,22H,4-7,10-15H2. The van der Waals surface area contributed by atoms with Crippen LogP contribution in [-0.2, 0) is 0 Å². The number of aliphatic hydroxyl groups excluding tert-OH is 1. The van der Waals surface area contributed by atoms with E-state index in [1.165, 1.54) is 44.3 Å². The molecule has 1 aromatic carbocycles. The predicted octanol–water partition coefficient (Wildman–Crippen LogP) is 3.04. The van der Waals surface area contributed by atoms with Crippen LogP contribution in [0.25, 0.3) is 0 Å². The molecule has 1 aliphatic heterocycles. The highest BCUT2D eigenvalue weighted by molar-refractivity contribution is 5.46. The second-order valence-electron chi connectivity index (χ2n) is 7.11. The van der Waals surface area contributed by atoms with Gasteiger partial charge in [0.1, 0.15) is 0 Å². The molecule has 0 aromatic heterocycles. The molecule has 2 atom stereocenters. The highest BCUT2D eigenvalue weighted by Gasteiger charge is 2.27. The van der Waals surface area contributed by atoms with Crippen LogP contribution >= 0.6 is 0 Å². The van der Waals surface area contributed by atoms with Crippen LogP contribution in [-0.4, -0.2) is 37.4 Å². The Labute approximate surface area is 134 Å². The van der Waals surface area contributed by atoms with Gasteiger partial charge in [0.25, 0.3) is 0 Å². The maximum absolute atomic E-state index is 9.33. The SMILES string of the molecule is OCCC1CC(NCC2CCCC2)CN(c2ccccc2)C1. The average Bonchev–Trinajstić information content (AvgIpc) is 3.07. The lowest BCUT2D eigenvalue weighted by atomic mass is 9.91. The Kier molecular flexibility index (Phi) is 5.74. The van der Waals surface area contributed by atoms with Crippen molar-refractivity contribution in [2.75, 3.05) is 31.1 Å².